The van der Waals surface area contributed by atoms with E-state index in [1.807, 2.05) is 0 Å². The molecule has 0 fully saturated rings. The highest BCUT2D eigenvalue weighted by Gasteiger charge is 2.24. The number of rotatable bonds is 6. The van der Waals surface area contributed by atoms with Gasteiger partial charge in [0.1, 0.15) is 0 Å². The van der Waals surface area contributed by atoms with Crippen LogP contribution in [0, 0.1) is 0 Å². The second-order valence-corrected chi connectivity index (χ2v) is 15.1. The summed E-state index contributed by atoms with van der Waals surface area (Å²) in [4.78, 5) is 0. The van der Waals surface area contributed by atoms with E-state index in [0.29, 0.717) is 0 Å². The fraction of sp³-hybridized carbons (Fsp3) is 0. The van der Waals surface area contributed by atoms with Gasteiger partial charge in [-0.15, -0.1) is 0 Å². The quantitative estimate of drug-likeness (QED) is 0.149. The smallest absolute Gasteiger partial charge is 0.00139 e. The van der Waals surface area contributed by atoms with Crippen molar-refractivity contribution in [1.29, 1.82) is 0 Å². The Balaban J connectivity index is 1.20. The van der Waals surface area contributed by atoms with Crippen molar-refractivity contribution in [2.45, 2.75) is 0 Å². The van der Waals surface area contributed by atoms with Gasteiger partial charge < -0.3 is 0 Å². The molecule has 0 heteroatoms. The normalized spacial score (nSPS) is 11.4. The molecule has 58 heavy (non-hydrogen) atoms. The molecule has 0 bridgehead atoms. The first kappa shape index (κ1) is 33.8. The van der Waals surface area contributed by atoms with Gasteiger partial charge in [-0.3, -0.25) is 0 Å². The largest absolute Gasteiger partial charge is 0.0622 e. The molecule has 0 aliphatic heterocycles. The molecular formula is C58H38. The van der Waals surface area contributed by atoms with Crippen LogP contribution in [0.2, 0.25) is 0 Å². The third-order valence-corrected chi connectivity index (χ3v) is 11.9. The number of benzene rings is 11. The molecule has 270 valence electrons. The SMILES string of the molecule is c1ccc(-c2ccc(-c3ccccc3-c3c4ccccc4c(-c4c5ccccc5c(-c5ccccc5-c5ccccc5)c5ccccc45)c4ccccc34)cc2)cc1. The molecule has 11 rings (SSSR count). The predicted molar refractivity (Wildman–Crippen MR) is 249 cm³/mol. The van der Waals surface area contributed by atoms with Gasteiger partial charge in [0, 0.05) is 0 Å². The van der Waals surface area contributed by atoms with E-state index < -0.39 is 0 Å². The number of fused-ring (bicyclic) bond motifs is 4. The fourth-order valence-electron chi connectivity index (χ4n) is 9.37. The average molecular weight is 735 g/mol. The average Bonchev–Trinajstić information content (AvgIpc) is 3.31. The maximum absolute atomic E-state index is 2.33. The molecule has 11 aromatic carbocycles. The zero-order valence-corrected chi connectivity index (χ0v) is 31.9. The summed E-state index contributed by atoms with van der Waals surface area (Å²) in [5, 5.41) is 9.99. The summed E-state index contributed by atoms with van der Waals surface area (Å²) in [7, 11) is 0. The highest BCUT2D eigenvalue weighted by molar-refractivity contribution is 6.30. The lowest BCUT2D eigenvalue weighted by molar-refractivity contribution is 1.58. The highest BCUT2D eigenvalue weighted by Crippen LogP contribution is 2.51. The Labute approximate surface area is 339 Å². The molecule has 0 amide bonds. The lowest BCUT2D eigenvalue weighted by Gasteiger charge is -2.23. The van der Waals surface area contributed by atoms with Crippen molar-refractivity contribution in [1.82, 2.24) is 0 Å². The van der Waals surface area contributed by atoms with Crippen molar-refractivity contribution in [2.75, 3.05) is 0 Å². The minimum Gasteiger partial charge on any atom is -0.0622 e. The molecular weight excluding hydrogens is 697 g/mol. The minimum absolute atomic E-state index is 1.20. The first-order valence-electron chi connectivity index (χ1n) is 20.1. The maximum atomic E-state index is 2.33. The summed E-state index contributed by atoms with van der Waals surface area (Å²) in [5.74, 6) is 0. The molecule has 0 N–H and O–H groups in total. The minimum atomic E-state index is 1.20. The second kappa shape index (κ2) is 14.2. The molecule has 0 aromatic heterocycles. The number of hydrogen-bond donors (Lipinski definition) is 0. The van der Waals surface area contributed by atoms with Gasteiger partial charge in [-0.05, 0) is 110 Å². The molecule has 0 saturated carbocycles. The summed E-state index contributed by atoms with van der Waals surface area (Å²) < 4.78 is 0. The van der Waals surface area contributed by atoms with Gasteiger partial charge in [0.15, 0.2) is 0 Å². The van der Waals surface area contributed by atoms with Crippen molar-refractivity contribution in [2.24, 2.45) is 0 Å². The lowest BCUT2D eigenvalue weighted by atomic mass is 9.79. The van der Waals surface area contributed by atoms with Crippen LogP contribution in [-0.4, -0.2) is 0 Å². The Bertz CT molecular complexity index is 3190. The Morgan fingerprint density at radius 1 is 0.138 bits per heavy atom. The first-order valence-corrected chi connectivity index (χ1v) is 20.1. The molecule has 0 aliphatic rings. The van der Waals surface area contributed by atoms with E-state index in [1.165, 1.54) is 110 Å². The van der Waals surface area contributed by atoms with E-state index in [9.17, 15) is 0 Å². The van der Waals surface area contributed by atoms with Crippen molar-refractivity contribution in [3.8, 4) is 66.8 Å². The van der Waals surface area contributed by atoms with Crippen LogP contribution in [0.15, 0.2) is 231 Å². The third-order valence-electron chi connectivity index (χ3n) is 11.9. The summed E-state index contributed by atoms with van der Waals surface area (Å²) in [6.07, 6.45) is 0. The van der Waals surface area contributed by atoms with E-state index in [1.54, 1.807) is 0 Å². The van der Waals surface area contributed by atoms with E-state index in [-0.39, 0.29) is 0 Å². The highest BCUT2D eigenvalue weighted by atomic mass is 14.3. The summed E-state index contributed by atoms with van der Waals surface area (Å²) >= 11 is 0. The van der Waals surface area contributed by atoms with Gasteiger partial charge in [0.2, 0.25) is 0 Å². The van der Waals surface area contributed by atoms with E-state index in [0.717, 1.165) is 0 Å². The van der Waals surface area contributed by atoms with Crippen LogP contribution in [0.3, 0.4) is 0 Å². The fourth-order valence-corrected chi connectivity index (χ4v) is 9.37. The molecule has 0 unspecified atom stereocenters. The van der Waals surface area contributed by atoms with Crippen LogP contribution in [0.5, 0.6) is 0 Å². The van der Waals surface area contributed by atoms with Gasteiger partial charge in [-0.2, -0.15) is 0 Å². The molecule has 0 radical (unpaired) electrons. The van der Waals surface area contributed by atoms with E-state index in [4.69, 9.17) is 0 Å². The molecule has 11 aromatic rings. The van der Waals surface area contributed by atoms with Gasteiger partial charge in [-0.25, -0.2) is 0 Å². The molecule has 0 spiro atoms. The van der Waals surface area contributed by atoms with Gasteiger partial charge >= 0.3 is 0 Å². The summed E-state index contributed by atoms with van der Waals surface area (Å²) in [6.45, 7) is 0. The Morgan fingerprint density at radius 3 is 0.724 bits per heavy atom. The zero-order valence-electron chi connectivity index (χ0n) is 31.9. The van der Waals surface area contributed by atoms with Crippen molar-refractivity contribution in [3.05, 3.63) is 231 Å². The first-order chi connectivity index (χ1) is 28.8. The van der Waals surface area contributed by atoms with Gasteiger partial charge in [0.05, 0.1) is 0 Å². The van der Waals surface area contributed by atoms with Crippen molar-refractivity contribution >= 4 is 43.1 Å². The third kappa shape index (κ3) is 5.53. The van der Waals surface area contributed by atoms with Crippen LogP contribution in [0.4, 0.5) is 0 Å². The maximum Gasteiger partial charge on any atom is -0.00139 e. The molecule has 0 heterocycles. The molecule has 0 saturated heterocycles. The standard InChI is InChI=1S/C58H38/c1-3-19-39(20-4-1)40-35-37-42(38-36-40)44-24-8-10-26-46(44)56-49-29-13-17-33-53(49)58(54-34-18-14-30-50(54)56)57-51-31-15-11-27-47(51)55(48-28-12-16-32-52(48)57)45-25-9-7-23-43(45)41-21-5-2-6-22-41/h1-38H. The van der Waals surface area contributed by atoms with Crippen LogP contribution < -0.4 is 0 Å². The van der Waals surface area contributed by atoms with Crippen LogP contribution in [0.1, 0.15) is 0 Å². The van der Waals surface area contributed by atoms with Gasteiger partial charge in [0.25, 0.3) is 0 Å². The monoisotopic (exact) mass is 734 g/mol. The van der Waals surface area contributed by atoms with Crippen molar-refractivity contribution < 1.29 is 0 Å². The number of hydrogen-bond acceptors (Lipinski definition) is 0. The lowest BCUT2D eigenvalue weighted by Crippen LogP contribution is -1.96. The Hall–Kier alpha value is -7.54. The predicted octanol–water partition coefficient (Wildman–Crippen LogP) is 16.3. The van der Waals surface area contributed by atoms with E-state index >= 15 is 0 Å². The Kier molecular flexibility index (Phi) is 8.26. The summed E-state index contributed by atoms with van der Waals surface area (Å²) in [6, 6.07) is 84.5. The summed E-state index contributed by atoms with van der Waals surface area (Å²) in [5.41, 5.74) is 14.9. The van der Waals surface area contributed by atoms with Crippen molar-refractivity contribution in [3.63, 3.8) is 0 Å². The van der Waals surface area contributed by atoms with E-state index in [2.05, 4.69) is 231 Å². The van der Waals surface area contributed by atoms with Crippen LogP contribution in [-0.2, 0) is 0 Å². The van der Waals surface area contributed by atoms with Gasteiger partial charge in [-0.1, -0.05) is 231 Å². The molecule has 0 aliphatic carbocycles. The Morgan fingerprint density at radius 2 is 0.362 bits per heavy atom. The van der Waals surface area contributed by atoms with Crippen LogP contribution in [0.25, 0.3) is 110 Å². The second-order valence-electron chi connectivity index (χ2n) is 15.1. The topological polar surface area (TPSA) is 0 Å². The van der Waals surface area contributed by atoms with Crippen LogP contribution >= 0.6 is 0 Å². The molecule has 0 atom stereocenters. The molecule has 0 nitrogen and oxygen atoms in total. The zero-order chi connectivity index (χ0) is 38.4.